The summed E-state index contributed by atoms with van der Waals surface area (Å²) in [4.78, 5) is 2.39. The van der Waals surface area contributed by atoms with Gasteiger partial charge in [-0.05, 0) is 24.1 Å². The molecule has 24 heavy (non-hydrogen) atoms. The van der Waals surface area contributed by atoms with E-state index in [-0.39, 0.29) is 0 Å². The van der Waals surface area contributed by atoms with Crippen LogP contribution in [0.3, 0.4) is 0 Å². The SMILES string of the molecule is NCCN(CCc1ccccc1)Cc1cnn(-c2ccccc2)c1. The van der Waals surface area contributed by atoms with E-state index in [1.807, 2.05) is 29.1 Å². The van der Waals surface area contributed by atoms with E-state index >= 15 is 0 Å². The number of nitrogens with two attached hydrogens (primary N) is 1. The summed E-state index contributed by atoms with van der Waals surface area (Å²) in [5.74, 6) is 0. The van der Waals surface area contributed by atoms with Crippen LogP contribution in [0.4, 0.5) is 0 Å². The van der Waals surface area contributed by atoms with Gasteiger partial charge in [-0.15, -0.1) is 0 Å². The molecule has 3 rings (SSSR count). The largest absolute Gasteiger partial charge is 0.329 e. The molecule has 4 nitrogen and oxygen atoms in total. The van der Waals surface area contributed by atoms with Crippen molar-refractivity contribution in [2.45, 2.75) is 13.0 Å². The Balaban J connectivity index is 1.62. The van der Waals surface area contributed by atoms with Crippen LogP contribution in [0, 0.1) is 0 Å². The highest BCUT2D eigenvalue weighted by molar-refractivity contribution is 5.30. The smallest absolute Gasteiger partial charge is 0.0645 e. The fourth-order valence-corrected chi connectivity index (χ4v) is 2.81. The Morgan fingerprint density at radius 1 is 0.875 bits per heavy atom. The Hall–Kier alpha value is -2.43. The molecule has 2 aromatic carbocycles. The molecule has 2 N–H and O–H groups in total. The zero-order valence-corrected chi connectivity index (χ0v) is 13.9. The predicted octanol–water partition coefficient (Wildman–Crippen LogP) is 2.88. The fourth-order valence-electron chi connectivity index (χ4n) is 2.81. The number of para-hydroxylation sites is 1. The summed E-state index contributed by atoms with van der Waals surface area (Å²) >= 11 is 0. The van der Waals surface area contributed by atoms with Crippen LogP contribution in [0.5, 0.6) is 0 Å². The first-order valence-corrected chi connectivity index (χ1v) is 8.40. The summed E-state index contributed by atoms with van der Waals surface area (Å²) in [7, 11) is 0. The van der Waals surface area contributed by atoms with Gasteiger partial charge in [0.05, 0.1) is 11.9 Å². The van der Waals surface area contributed by atoms with Crippen LogP contribution in [-0.4, -0.2) is 34.3 Å². The van der Waals surface area contributed by atoms with Crippen molar-refractivity contribution in [3.05, 3.63) is 84.2 Å². The first-order valence-electron chi connectivity index (χ1n) is 8.40. The second-order valence-electron chi connectivity index (χ2n) is 5.93. The zero-order valence-electron chi connectivity index (χ0n) is 13.9. The van der Waals surface area contributed by atoms with Crippen LogP contribution in [0.25, 0.3) is 5.69 Å². The van der Waals surface area contributed by atoms with Crippen LogP contribution in [0.15, 0.2) is 73.1 Å². The third-order valence-electron chi connectivity index (χ3n) is 4.07. The van der Waals surface area contributed by atoms with Gasteiger partial charge >= 0.3 is 0 Å². The van der Waals surface area contributed by atoms with Crippen LogP contribution >= 0.6 is 0 Å². The molecule has 0 fully saturated rings. The van der Waals surface area contributed by atoms with Gasteiger partial charge in [0.15, 0.2) is 0 Å². The van der Waals surface area contributed by atoms with E-state index < -0.39 is 0 Å². The molecule has 1 heterocycles. The summed E-state index contributed by atoms with van der Waals surface area (Å²) in [5, 5.41) is 4.48. The first kappa shape index (κ1) is 16.4. The molecular weight excluding hydrogens is 296 g/mol. The molecule has 0 bridgehead atoms. The average Bonchev–Trinajstić information content (AvgIpc) is 3.10. The molecule has 4 heteroatoms. The van der Waals surface area contributed by atoms with Gasteiger partial charge in [-0.3, -0.25) is 4.90 Å². The van der Waals surface area contributed by atoms with Crippen molar-refractivity contribution in [1.29, 1.82) is 0 Å². The summed E-state index contributed by atoms with van der Waals surface area (Å²) < 4.78 is 1.92. The van der Waals surface area contributed by atoms with E-state index in [2.05, 4.69) is 58.7 Å². The third kappa shape index (κ3) is 4.54. The Morgan fingerprint density at radius 2 is 1.58 bits per heavy atom. The van der Waals surface area contributed by atoms with Crippen molar-refractivity contribution in [3.8, 4) is 5.69 Å². The monoisotopic (exact) mass is 320 g/mol. The molecule has 3 aromatic rings. The van der Waals surface area contributed by atoms with E-state index in [0.29, 0.717) is 6.54 Å². The van der Waals surface area contributed by atoms with Crippen molar-refractivity contribution in [2.24, 2.45) is 5.73 Å². The summed E-state index contributed by atoms with van der Waals surface area (Å²) in [6.45, 7) is 3.43. The van der Waals surface area contributed by atoms with Crippen molar-refractivity contribution >= 4 is 0 Å². The molecule has 124 valence electrons. The van der Waals surface area contributed by atoms with Gasteiger partial charge < -0.3 is 5.73 Å². The highest BCUT2D eigenvalue weighted by Crippen LogP contribution is 2.10. The molecule has 0 spiro atoms. The Kier molecular flexibility index (Phi) is 5.77. The van der Waals surface area contributed by atoms with E-state index in [9.17, 15) is 0 Å². The molecule has 1 aromatic heterocycles. The number of hydrogen-bond donors (Lipinski definition) is 1. The average molecular weight is 320 g/mol. The quantitative estimate of drug-likeness (QED) is 0.694. The predicted molar refractivity (Wildman–Crippen MR) is 98.0 cm³/mol. The number of benzene rings is 2. The molecule has 0 aliphatic heterocycles. The minimum absolute atomic E-state index is 0.668. The lowest BCUT2D eigenvalue weighted by atomic mass is 10.1. The molecule has 0 saturated heterocycles. The van der Waals surface area contributed by atoms with E-state index in [1.165, 1.54) is 11.1 Å². The number of aromatic nitrogens is 2. The lowest BCUT2D eigenvalue weighted by Gasteiger charge is -2.20. The molecule has 0 amide bonds. The van der Waals surface area contributed by atoms with Crippen molar-refractivity contribution < 1.29 is 0 Å². The van der Waals surface area contributed by atoms with E-state index in [1.54, 1.807) is 0 Å². The second kappa shape index (κ2) is 8.43. The lowest BCUT2D eigenvalue weighted by molar-refractivity contribution is 0.276. The van der Waals surface area contributed by atoms with Gasteiger partial charge in [0.25, 0.3) is 0 Å². The van der Waals surface area contributed by atoms with Gasteiger partial charge in [0, 0.05) is 37.9 Å². The third-order valence-corrected chi connectivity index (χ3v) is 4.07. The van der Waals surface area contributed by atoms with Gasteiger partial charge in [-0.2, -0.15) is 5.10 Å². The Labute approximate surface area is 143 Å². The molecule has 0 atom stereocenters. The summed E-state index contributed by atoms with van der Waals surface area (Å²) in [6.07, 6.45) is 5.08. The molecule has 0 unspecified atom stereocenters. The lowest BCUT2D eigenvalue weighted by Crippen LogP contribution is -2.30. The highest BCUT2D eigenvalue weighted by atomic mass is 15.3. The van der Waals surface area contributed by atoms with Gasteiger partial charge in [-0.1, -0.05) is 48.5 Å². The van der Waals surface area contributed by atoms with E-state index in [4.69, 9.17) is 5.73 Å². The first-order chi connectivity index (χ1) is 11.8. The van der Waals surface area contributed by atoms with Gasteiger partial charge in [-0.25, -0.2) is 4.68 Å². The minimum atomic E-state index is 0.668. The topological polar surface area (TPSA) is 47.1 Å². The molecular formula is C20H24N4. The molecule has 0 saturated carbocycles. The van der Waals surface area contributed by atoms with Crippen molar-refractivity contribution in [3.63, 3.8) is 0 Å². The fraction of sp³-hybridized carbons (Fsp3) is 0.250. The standard InChI is InChI=1S/C20H24N4/c21-12-14-23(13-11-18-7-3-1-4-8-18)16-19-15-22-24(17-19)20-9-5-2-6-10-20/h1-10,15,17H,11-14,16,21H2. The molecule has 0 aliphatic rings. The zero-order chi connectivity index (χ0) is 16.6. The normalized spacial score (nSPS) is 11.1. The van der Waals surface area contributed by atoms with Crippen LogP contribution < -0.4 is 5.73 Å². The van der Waals surface area contributed by atoms with Crippen molar-refractivity contribution in [1.82, 2.24) is 14.7 Å². The van der Waals surface area contributed by atoms with Gasteiger partial charge in [0.1, 0.15) is 0 Å². The number of hydrogen-bond acceptors (Lipinski definition) is 3. The maximum Gasteiger partial charge on any atom is 0.0645 e. The van der Waals surface area contributed by atoms with Crippen molar-refractivity contribution in [2.75, 3.05) is 19.6 Å². The maximum absolute atomic E-state index is 5.79. The Morgan fingerprint density at radius 3 is 2.29 bits per heavy atom. The highest BCUT2D eigenvalue weighted by Gasteiger charge is 2.08. The minimum Gasteiger partial charge on any atom is -0.329 e. The molecule has 0 aliphatic carbocycles. The summed E-state index contributed by atoms with van der Waals surface area (Å²) in [5.41, 5.74) is 9.44. The van der Waals surface area contributed by atoms with Crippen LogP contribution in [0.1, 0.15) is 11.1 Å². The Bertz CT molecular complexity index is 722. The second-order valence-corrected chi connectivity index (χ2v) is 5.93. The van der Waals surface area contributed by atoms with Crippen LogP contribution in [0.2, 0.25) is 0 Å². The van der Waals surface area contributed by atoms with Crippen LogP contribution in [-0.2, 0) is 13.0 Å². The molecule has 0 radical (unpaired) electrons. The number of nitrogens with zero attached hydrogens (tertiary/aromatic N) is 3. The summed E-state index contributed by atoms with van der Waals surface area (Å²) in [6, 6.07) is 20.8. The number of rotatable bonds is 8. The van der Waals surface area contributed by atoms with Gasteiger partial charge in [0.2, 0.25) is 0 Å². The maximum atomic E-state index is 5.79. The van der Waals surface area contributed by atoms with E-state index in [0.717, 1.165) is 31.7 Å².